The van der Waals surface area contributed by atoms with Crippen molar-refractivity contribution in [2.45, 2.75) is 51.5 Å². The number of amides is 1. The van der Waals surface area contributed by atoms with Crippen molar-refractivity contribution in [2.24, 2.45) is 11.8 Å². The van der Waals surface area contributed by atoms with Crippen molar-refractivity contribution in [1.82, 2.24) is 10.3 Å². The molecule has 4 rings (SSSR count). The predicted octanol–water partition coefficient (Wildman–Crippen LogP) is 4.49. The van der Waals surface area contributed by atoms with E-state index in [-0.39, 0.29) is 24.2 Å². The molecule has 6 nitrogen and oxygen atoms in total. The van der Waals surface area contributed by atoms with E-state index in [1.165, 1.54) is 32.1 Å². The van der Waals surface area contributed by atoms with E-state index >= 15 is 0 Å². The van der Waals surface area contributed by atoms with Crippen LogP contribution in [-0.2, 0) is 9.53 Å². The summed E-state index contributed by atoms with van der Waals surface area (Å²) in [6.45, 7) is 2.92. The van der Waals surface area contributed by atoms with Crippen LogP contribution in [0.5, 0.6) is 0 Å². The number of esters is 1. The zero-order chi connectivity index (χ0) is 20.4. The van der Waals surface area contributed by atoms with Gasteiger partial charge >= 0.3 is 5.97 Å². The van der Waals surface area contributed by atoms with Gasteiger partial charge in [0, 0.05) is 16.6 Å². The number of hydrogen-bond donors (Lipinski definition) is 3. The van der Waals surface area contributed by atoms with E-state index in [0.717, 1.165) is 18.5 Å². The highest BCUT2D eigenvalue weighted by molar-refractivity contribution is 6.38. The van der Waals surface area contributed by atoms with Gasteiger partial charge in [0.25, 0.3) is 0 Å². The second-order valence-corrected chi connectivity index (χ2v) is 8.44. The van der Waals surface area contributed by atoms with Gasteiger partial charge in [0.1, 0.15) is 5.69 Å². The molecule has 0 spiro atoms. The molecule has 156 valence electrons. The molecule has 2 heterocycles. The standard InChI is InChI=1S/C22H28ClN3O3/c1-2-29-22(28)20-18(23)16-12-14(8-9-17(16)26-20)25-21(27)19-15(10-11-24-19)13-6-4-3-5-7-13/h8-9,12-13,15,19,24,26H,2-7,10-11H2,1H3,(H,25,27)/t15-,19-/m0/s1. The van der Waals surface area contributed by atoms with Gasteiger partial charge in [-0.15, -0.1) is 0 Å². The van der Waals surface area contributed by atoms with Gasteiger partial charge in [-0.25, -0.2) is 4.79 Å². The van der Waals surface area contributed by atoms with Crippen molar-refractivity contribution < 1.29 is 14.3 Å². The molecule has 29 heavy (non-hydrogen) atoms. The van der Waals surface area contributed by atoms with E-state index in [0.29, 0.717) is 27.9 Å². The fraction of sp³-hybridized carbons (Fsp3) is 0.545. The van der Waals surface area contributed by atoms with E-state index in [1.807, 2.05) is 12.1 Å². The SMILES string of the molecule is CCOC(=O)c1[nH]c2ccc(NC(=O)[C@H]3NCC[C@H]3C3CCCCC3)cc2c1Cl. The Bertz CT molecular complexity index is 904. The Morgan fingerprint density at radius 1 is 1.21 bits per heavy atom. The summed E-state index contributed by atoms with van der Waals surface area (Å²) in [6.07, 6.45) is 7.41. The lowest BCUT2D eigenvalue weighted by molar-refractivity contribution is -0.119. The highest BCUT2D eigenvalue weighted by atomic mass is 35.5. The number of rotatable bonds is 5. The maximum absolute atomic E-state index is 13.0. The van der Waals surface area contributed by atoms with Crippen LogP contribution in [0.3, 0.4) is 0 Å². The number of halogens is 1. The largest absolute Gasteiger partial charge is 0.461 e. The predicted molar refractivity (Wildman–Crippen MR) is 114 cm³/mol. The van der Waals surface area contributed by atoms with Crippen molar-refractivity contribution in [3.05, 3.63) is 28.9 Å². The number of nitrogens with one attached hydrogen (secondary N) is 3. The molecule has 1 aliphatic heterocycles. The van der Waals surface area contributed by atoms with Gasteiger partial charge in [-0.05, 0) is 49.9 Å². The van der Waals surface area contributed by atoms with E-state index < -0.39 is 5.97 Å². The van der Waals surface area contributed by atoms with Crippen LogP contribution in [0, 0.1) is 11.8 Å². The number of aromatic amines is 1. The topological polar surface area (TPSA) is 83.2 Å². The fourth-order valence-electron chi connectivity index (χ4n) is 4.88. The Kier molecular flexibility index (Phi) is 6.11. The number of aromatic nitrogens is 1. The first-order valence-corrected chi connectivity index (χ1v) is 11.0. The molecule has 1 aromatic carbocycles. The quantitative estimate of drug-likeness (QED) is 0.625. The van der Waals surface area contributed by atoms with Gasteiger partial charge in [0.05, 0.1) is 17.7 Å². The molecule has 2 atom stereocenters. The van der Waals surface area contributed by atoms with Crippen molar-refractivity contribution in [3.8, 4) is 0 Å². The lowest BCUT2D eigenvalue weighted by Gasteiger charge is -2.30. The van der Waals surface area contributed by atoms with E-state index in [2.05, 4.69) is 15.6 Å². The number of carbonyl (C=O) groups is 2. The average Bonchev–Trinajstić information content (AvgIpc) is 3.34. The van der Waals surface area contributed by atoms with Crippen molar-refractivity contribution in [1.29, 1.82) is 0 Å². The van der Waals surface area contributed by atoms with Crippen LogP contribution in [0.25, 0.3) is 10.9 Å². The van der Waals surface area contributed by atoms with E-state index in [4.69, 9.17) is 16.3 Å². The maximum atomic E-state index is 13.0. The smallest absolute Gasteiger partial charge is 0.356 e. The first kappa shape index (κ1) is 20.2. The number of H-pyrrole nitrogens is 1. The average molecular weight is 418 g/mol. The van der Waals surface area contributed by atoms with Gasteiger partial charge in [-0.2, -0.15) is 0 Å². The molecule has 2 aromatic rings. The monoisotopic (exact) mass is 417 g/mol. The van der Waals surface area contributed by atoms with Crippen LogP contribution in [-0.4, -0.2) is 36.1 Å². The normalized spacial score (nSPS) is 22.7. The third kappa shape index (κ3) is 4.14. The Morgan fingerprint density at radius 3 is 2.76 bits per heavy atom. The molecule has 1 aromatic heterocycles. The summed E-state index contributed by atoms with van der Waals surface area (Å²) < 4.78 is 5.04. The van der Waals surface area contributed by atoms with Crippen LogP contribution in [0.2, 0.25) is 5.02 Å². The molecule has 1 amide bonds. The Balaban J connectivity index is 1.50. The van der Waals surface area contributed by atoms with E-state index in [1.54, 1.807) is 13.0 Å². The number of anilines is 1. The molecule has 0 bridgehead atoms. The molecular weight excluding hydrogens is 390 g/mol. The molecule has 0 unspecified atom stereocenters. The second kappa shape index (κ2) is 8.76. The third-order valence-corrected chi connectivity index (χ3v) is 6.68. The first-order valence-electron chi connectivity index (χ1n) is 10.6. The van der Waals surface area contributed by atoms with Gasteiger partial charge < -0.3 is 20.4 Å². The van der Waals surface area contributed by atoms with Crippen LogP contribution in [0.4, 0.5) is 5.69 Å². The van der Waals surface area contributed by atoms with Gasteiger partial charge in [0.15, 0.2) is 0 Å². The molecule has 2 aliphatic rings. The molecule has 1 saturated heterocycles. The minimum atomic E-state index is -0.482. The first-order chi connectivity index (χ1) is 14.1. The molecule has 7 heteroatoms. The van der Waals surface area contributed by atoms with Crippen LogP contribution in [0.1, 0.15) is 55.9 Å². The van der Waals surface area contributed by atoms with Crippen LogP contribution in [0.15, 0.2) is 18.2 Å². The highest BCUT2D eigenvalue weighted by Gasteiger charge is 2.38. The summed E-state index contributed by atoms with van der Waals surface area (Å²) in [4.78, 5) is 28.0. The lowest BCUT2D eigenvalue weighted by Crippen LogP contribution is -2.42. The number of fused-ring (bicyclic) bond motifs is 1. The van der Waals surface area contributed by atoms with Crippen LogP contribution < -0.4 is 10.6 Å². The van der Waals surface area contributed by atoms with Crippen LogP contribution >= 0.6 is 11.6 Å². The number of benzene rings is 1. The Labute approximate surface area is 175 Å². The van der Waals surface area contributed by atoms with E-state index in [9.17, 15) is 9.59 Å². The molecule has 2 fully saturated rings. The van der Waals surface area contributed by atoms with Gasteiger partial charge in [0.2, 0.25) is 5.91 Å². The fourth-order valence-corrected chi connectivity index (χ4v) is 5.16. The molecule has 1 saturated carbocycles. The Hall–Kier alpha value is -2.05. The molecule has 1 aliphatic carbocycles. The number of carbonyl (C=O) groups excluding carboxylic acids is 2. The highest BCUT2D eigenvalue weighted by Crippen LogP contribution is 2.36. The second-order valence-electron chi connectivity index (χ2n) is 8.07. The summed E-state index contributed by atoms with van der Waals surface area (Å²) >= 11 is 6.39. The summed E-state index contributed by atoms with van der Waals surface area (Å²) in [5.41, 5.74) is 1.65. The molecule has 0 radical (unpaired) electrons. The van der Waals surface area contributed by atoms with Gasteiger partial charge in [-0.3, -0.25) is 4.79 Å². The van der Waals surface area contributed by atoms with Crippen molar-refractivity contribution >= 4 is 40.1 Å². The van der Waals surface area contributed by atoms with Crippen molar-refractivity contribution in [3.63, 3.8) is 0 Å². The summed E-state index contributed by atoms with van der Waals surface area (Å²) in [5, 5.41) is 7.45. The summed E-state index contributed by atoms with van der Waals surface area (Å²) in [6, 6.07) is 5.30. The maximum Gasteiger partial charge on any atom is 0.356 e. The summed E-state index contributed by atoms with van der Waals surface area (Å²) in [7, 11) is 0. The minimum absolute atomic E-state index is 0.00898. The zero-order valence-corrected chi connectivity index (χ0v) is 17.5. The van der Waals surface area contributed by atoms with Gasteiger partial charge in [-0.1, -0.05) is 43.7 Å². The van der Waals surface area contributed by atoms with Crippen molar-refractivity contribution in [2.75, 3.05) is 18.5 Å². The lowest BCUT2D eigenvalue weighted by atomic mass is 9.76. The Morgan fingerprint density at radius 2 is 2.00 bits per heavy atom. The number of hydrogen-bond acceptors (Lipinski definition) is 4. The third-order valence-electron chi connectivity index (χ3n) is 6.29. The molecule has 3 N–H and O–H groups in total. The number of ether oxygens (including phenoxy) is 1. The zero-order valence-electron chi connectivity index (χ0n) is 16.7. The molecular formula is C22H28ClN3O3. The minimum Gasteiger partial charge on any atom is -0.461 e. The summed E-state index contributed by atoms with van der Waals surface area (Å²) in [5.74, 6) is 0.577.